The molecule has 2 heteroatoms. The molecule has 0 fully saturated rings. The van der Waals surface area contributed by atoms with E-state index in [1.54, 1.807) is 0 Å². The maximum atomic E-state index is 10.7. The van der Waals surface area contributed by atoms with Crippen LogP contribution in [0.25, 0.3) is 0 Å². The third-order valence-electron chi connectivity index (χ3n) is 4.76. The fourth-order valence-corrected chi connectivity index (χ4v) is 3.01. The van der Waals surface area contributed by atoms with Crippen molar-refractivity contribution in [3.05, 3.63) is 72.9 Å². The molecule has 0 rings (SSSR count). The Bertz CT molecular complexity index is 547. The van der Waals surface area contributed by atoms with E-state index in [1.165, 1.54) is 70.6 Å². The number of hydrogen-bond donors (Lipinski definition) is 1. The number of carboxylic acids is 1. The molecular weight excluding hydrogens is 356 g/mol. The van der Waals surface area contributed by atoms with Gasteiger partial charge in [-0.25, -0.2) is 0 Å². The van der Waals surface area contributed by atoms with Crippen molar-refractivity contribution >= 4 is 5.97 Å². The molecule has 0 aliphatic carbocycles. The molecule has 29 heavy (non-hydrogen) atoms. The molecule has 0 spiro atoms. The van der Waals surface area contributed by atoms with Crippen LogP contribution in [0.2, 0.25) is 0 Å². The van der Waals surface area contributed by atoms with Gasteiger partial charge in [0.2, 0.25) is 0 Å². The second kappa shape index (κ2) is 22.2. The SMILES string of the molecule is C=CCCCCCCCCCCCCC=CC=CC=CC=CC(=CC)CC(=O)O. The van der Waals surface area contributed by atoms with E-state index >= 15 is 0 Å². The van der Waals surface area contributed by atoms with Crippen LogP contribution in [0.4, 0.5) is 0 Å². The predicted octanol–water partition coefficient (Wildman–Crippen LogP) is 8.50. The number of allylic oxidation sites excluding steroid dienone is 10. The summed E-state index contributed by atoms with van der Waals surface area (Å²) < 4.78 is 0. The van der Waals surface area contributed by atoms with Crippen LogP contribution in [0.3, 0.4) is 0 Å². The number of carboxylic acid groups (broad SMARTS) is 1. The Morgan fingerprint density at radius 2 is 1.21 bits per heavy atom. The number of rotatable bonds is 19. The van der Waals surface area contributed by atoms with Gasteiger partial charge in [-0.3, -0.25) is 4.79 Å². The fourth-order valence-electron chi connectivity index (χ4n) is 3.01. The standard InChI is InChI=1S/C27H42O2/c1-3-5-6-7-8-9-10-11-12-13-14-15-16-17-18-19-20-21-22-23-24-26(4-2)25-27(28)29/h3-4,17-24H,1,5-16,25H2,2H3,(H,28,29). The van der Waals surface area contributed by atoms with Crippen LogP contribution in [0.5, 0.6) is 0 Å². The molecule has 0 aromatic heterocycles. The van der Waals surface area contributed by atoms with Crippen molar-refractivity contribution in [2.45, 2.75) is 90.4 Å². The Morgan fingerprint density at radius 1 is 0.724 bits per heavy atom. The van der Waals surface area contributed by atoms with Crippen molar-refractivity contribution in [3.8, 4) is 0 Å². The monoisotopic (exact) mass is 398 g/mol. The van der Waals surface area contributed by atoms with Crippen LogP contribution < -0.4 is 0 Å². The van der Waals surface area contributed by atoms with Gasteiger partial charge >= 0.3 is 5.97 Å². The van der Waals surface area contributed by atoms with Crippen molar-refractivity contribution in [2.75, 3.05) is 0 Å². The Morgan fingerprint density at radius 3 is 1.72 bits per heavy atom. The van der Waals surface area contributed by atoms with Crippen LogP contribution in [0, 0.1) is 0 Å². The highest BCUT2D eigenvalue weighted by atomic mass is 16.4. The summed E-state index contributed by atoms with van der Waals surface area (Å²) in [5, 5.41) is 8.77. The normalized spacial score (nSPS) is 12.8. The third kappa shape index (κ3) is 22.1. The molecule has 0 radical (unpaired) electrons. The lowest BCUT2D eigenvalue weighted by Crippen LogP contribution is -1.94. The molecule has 0 aliphatic heterocycles. The molecule has 0 amide bonds. The smallest absolute Gasteiger partial charge is 0.307 e. The minimum Gasteiger partial charge on any atom is -0.481 e. The van der Waals surface area contributed by atoms with Gasteiger partial charge in [0.05, 0.1) is 6.42 Å². The molecular formula is C27H42O2. The summed E-state index contributed by atoms with van der Waals surface area (Å²) in [6, 6.07) is 0. The molecule has 0 saturated heterocycles. The summed E-state index contributed by atoms with van der Waals surface area (Å²) in [4.78, 5) is 10.7. The van der Waals surface area contributed by atoms with E-state index in [1.807, 2.05) is 55.5 Å². The van der Waals surface area contributed by atoms with Crippen LogP contribution >= 0.6 is 0 Å². The summed E-state index contributed by atoms with van der Waals surface area (Å²) in [7, 11) is 0. The van der Waals surface area contributed by atoms with Gasteiger partial charge in [0.15, 0.2) is 0 Å². The van der Waals surface area contributed by atoms with Crippen molar-refractivity contribution in [2.24, 2.45) is 0 Å². The summed E-state index contributed by atoms with van der Waals surface area (Å²) in [6.45, 7) is 5.62. The highest BCUT2D eigenvalue weighted by molar-refractivity contribution is 5.70. The minimum absolute atomic E-state index is 0.0653. The van der Waals surface area contributed by atoms with Crippen LogP contribution in [-0.4, -0.2) is 11.1 Å². The lowest BCUT2D eigenvalue weighted by molar-refractivity contribution is -0.136. The molecule has 162 valence electrons. The number of hydrogen-bond acceptors (Lipinski definition) is 1. The number of carbonyl (C=O) groups is 1. The summed E-state index contributed by atoms with van der Waals surface area (Å²) in [5.74, 6) is -0.803. The molecule has 0 aromatic rings. The van der Waals surface area contributed by atoms with Gasteiger partial charge in [-0.15, -0.1) is 6.58 Å². The van der Waals surface area contributed by atoms with Crippen molar-refractivity contribution in [1.82, 2.24) is 0 Å². The van der Waals surface area contributed by atoms with Crippen LogP contribution in [0.15, 0.2) is 72.9 Å². The average molecular weight is 399 g/mol. The van der Waals surface area contributed by atoms with Gasteiger partial charge in [0.1, 0.15) is 0 Å². The van der Waals surface area contributed by atoms with E-state index in [2.05, 4.69) is 18.7 Å². The molecule has 0 bridgehead atoms. The van der Waals surface area contributed by atoms with Crippen molar-refractivity contribution < 1.29 is 9.90 Å². The van der Waals surface area contributed by atoms with Gasteiger partial charge in [-0.1, -0.05) is 112 Å². The Balaban J connectivity index is 3.53. The van der Waals surface area contributed by atoms with Crippen molar-refractivity contribution in [3.63, 3.8) is 0 Å². The minimum atomic E-state index is -0.803. The zero-order valence-electron chi connectivity index (χ0n) is 18.5. The predicted molar refractivity (Wildman–Crippen MR) is 128 cm³/mol. The zero-order valence-corrected chi connectivity index (χ0v) is 18.5. The molecule has 2 nitrogen and oxygen atoms in total. The summed E-state index contributed by atoms with van der Waals surface area (Å²) >= 11 is 0. The average Bonchev–Trinajstić information content (AvgIpc) is 2.71. The fraction of sp³-hybridized carbons (Fsp3) is 0.519. The van der Waals surface area contributed by atoms with E-state index in [0.717, 1.165) is 12.0 Å². The second-order valence-electron chi connectivity index (χ2n) is 7.39. The Kier molecular flexibility index (Phi) is 20.6. The number of unbranched alkanes of at least 4 members (excludes halogenated alkanes) is 11. The molecule has 0 saturated carbocycles. The first-order valence-electron chi connectivity index (χ1n) is 11.3. The maximum absolute atomic E-state index is 10.7. The maximum Gasteiger partial charge on any atom is 0.307 e. The van der Waals surface area contributed by atoms with Gasteiger partial charge in [0, 0.05) is 0 Å². The van der Waals surface area contributed by atoms with Crippen LogP contribution in [0.1, 0.15) is 90.4 Å². The largest absolute Gasteiger partial charge is 0.481 e. The number of aliphatic carboxylic acids is 1. The van der Waals surface area contributed by atoms with E-state index in [0.29, 0.717) is 0 Å². The van der Waals surface area contributed by atoms with Gasteiger partial charge < -0.3 is 5.11 Å². The molecule has 0 atom stereocenters. The third-order valence-corrected chi connectivity index (χ3v) is 4.76. The van der Waals surface area contributed by atoms with E-state index in [-0.39, 0.29) is 6.42 Å². The van der Waals surface area contributed by atoms with Gasteiger partial charge in [-0.2, -0.15) is 0 Å². The van der Waals surface area contributed by atoms with E-state index in [9.17, 15) is 4.79 Å². The topological polar surface area (TPSA) is 37.3 Å². The summed E-state index contributed by atoms with van der Waals surface area (Å²) in [6.07, 6.45) is 35.8. The molecule has 0 aromatic carbocycles. The van der Waals surface area contributed by atoms with Crippen molar-refractivity contribution in [1.29, 1.82) is 0 Å². The highest BCUT2D eigenvalue weighted by Crippen LogP contribution is 2.12. The molecule has 0 aliphatic rings. The van der Waals surface area contributed by atoms with E-state index < -0.39 is 5.97 Å². The first-order valence-corrected chi connectivity index (χ1v) is 11.3. The quantitative estimate of drug-likeness (QED) is 0.134. The molecule has 0 unspecified atom stereocenters. The van der Waals surface area contributed by atoms with E-state index in [4.69, 9.17) is 5.11 Å². The van der Waals surface area contributed by atoms with Gasteiger partial charge in [-0.05, 0) is 38.2 Å². The van der Waals surface area contributed by atoms with Gasteiger partial charge in [0.25, 0.3) is 0 Å². The zero-order chi connectivity index (χ0) is 21.4. The summed E-state index contributed by atoms with van der Waals surface area (Å²) in [5.41, 5.74) is 0.810. The second-order valence-corrected chi connectivity index (χ2v) is 7.39. The van der Waals surface area contributed by atoms with Crippen LogP contribution in [-0.2, 0) is 4.79 Å². The molecule has 0 heterocycles. The Labute approximate surface area is 179 Å². The first kappa shape index (κ1) is 26.9. The first-order chi connectivity index (χ1) is 14.2. The Hall–Kier alpha value is -2.09. The highest BCUT2D eigenvalue weighted by Gasteiger charge is 1.97. The molecule has 1 N–H and O–H groups in total. The lowest BCUT2D eigenvalue weighted by atomic mass is 10.1. The lowest BCUT2D eigenvalue weighted by Gasteiger charge is -2.01.